The van der Waals surface area contributed by atoms with Gasteiger partial charge in [0.05, 0.1) is 29.3 Å². The molecule has 21 heavy (non-hydrogen) atoms. The Kier molecular flexibility index (Phi) is 3.41. The monoisotopic (exact) mass is 288 g/mol. The van der Waals surface area contributed by atoms with E-state index in [1.807, 2.05) is 11.6 Å². The Hall–Kier alpha value is -1.95. The van der Waals surface area contributed by atoms with Gasteiger partial charge in [-0.05, 0) is 26.3 Å². The van der Waals surface area contributed by atoms with Crippen molar-refractivity contribution in [3.05, 3.63) is 23.5 Å². The number of hydrogen-bond donors (Lipinski definition) is 1. The first kappa shape index (κ1) is 14.0. The van der Waals surface area contributed by atoms with E-state index in [-0.39, 0.29) is 11.9 Å². The molecule has 6 heteroatoms. The summed E-state index contributed by atoms with van der Waals surface area (Å²) in [6.45, 7) is 6.88. The number of likely N-dealkylation sites (tertiary alicyclic amines) is 1. The van der Waals surface area contributed by atoms with Gasteiger partial charge in [0.1, 0.15) is 0 Å². The number of amides is 1. The van der Waals surface area contributed by atoms with Crippen LogP contribution < -0.4 is 0 Å². The lowest BCUT2D eigenvalue weighted by Gasteiger charge is -2.36. The standard InChI is InChI=1S/C15H20N4O2/c1-4-10(3)19-14-13(6-16-19)12(5-9(2)17-14)15(21)18-7-11(20)8-18/h5-6,10-11,20H,4,7-8H2,1-3H3. The summed E-state index contributed by atoms with van der Waals surface area (Å²) >= 11 is 0. The van der Waals surface area contributed by atoms with Gasteiger partial charge in [-0.15, -0.1) is 0 Å². The maximum atomic E-state index is 12.5. The second-order valence-corrected chi connectivity index (χ2v) is 5.76. The highest BCUT2D eigenvalue weighted by molar-refractivity contribution is 6.05. The van der Waals surface area contributed by atoms with Crippen LogP contribution in [0.2, 0.25) is 0 Å². The van der Waals surface area contributed by atoms with Gasteiger partial charge < -0.3 is 10.0 Å². The van der Waals surface area contributed by atoms with E-state index in [1.165, 1.54) is 0 Å². The lowest BCUT2D eigenvalue weighted by molar-refractivity contribution is 0.00602. The normalized spacial score (nSPS) is 17.0. The Morgan fingerprint density at radius 1 is 1.52 bits per heavy atom. The Morgan fingerprint density at radius 3 is 2.86 bits per heavy atom. The molecule has 1 fully saturated rings. The van der Waals surface area contributed by atoms with Gasteiger partial charge in [0, 0.05) is 18.8 Å². The van der Waals surface area contributed by atoms with Crippen LogP contribution in [0.4, 0.5) is 0 Å². The average molecular weight is 288 g/mol. The van der Waals surface area contributed by atoms with E-state index in [1.54, 1.807) is 17.2 Å². The second-order valence-electron chi connectivity index (χ2n) is 5.76. The molecule has 1 aliphatic rings. The predicted octanol–water partition coefficient (Wildman–Crippen LogP) is 1.53. The minimum absolute atomic E-state index is 0.0560. The van der Waals surface area contributed by atoms with Crippen LogP contribution in [-0.2, 0) is 0 Å². The SMILES string of the molecule is CCC(C)n1ncc2c(C(=O)N3CC(O)C3)cc(C)nc21. The molecule has 0 aromatic carbocycles. The molecule has 1 saturated heterocycles. The summed E-state index contributed by atoms with van der Waals surface area (Å²) in [4.78, 5) is 18.7. The minimum atomic E-state index is -0.393. The molecule has 0 radical (unpaired) electrons. The molecule has 1 aliphatic heterocycles. The smallest absolute Gasteiger partial charge is 0.254 e. The van der Waals surface area contributed by atoms with Crippen LogP contribution in [0.25, 0.3) is 11.0 Å². The maximum absolute atomic E-state index is 12.5. The Labute approximate surface area is 123 Å². The number of nitrogens with zero attached hydrogens (tertiary/aromatic N) is 4. The molecule has 0 spiro atoms. The van der Waals surface area contributed by atoms with E-state index < -0.39 is 6.10 Å². The predicted molar refractivity (Wildman–Crippen MR) is 79.2 cm³/mol. The van der Waals surface area contributed by atoms with Crippen LogP contribution in [0.5, 0.6) is 0 Å². The Bertz CT molecular complexity index is 688. The van der Waals surface area contributed by atoms with E-state index >= 15 is 0 Å². The van der Waals surface area contributed by atoms with E-state index in [2.05, 4.69) is 23.9 Å². The molecular weight excluding hydrogens is 268 g/mol. The number of carbonyl (C=O) groups excluding carboxylic acids is 1. The van der Waals surface area contributed by atoms with Gasteiger partial charge in [0.15, 0.2) is 5.65 Å². The summed E-state index contributed by atoms with van der Waals surface area (Å²) in [6.07, 6.45) is 2.28. The number of carbonyl (C=O) groups is 1. The zero-order chi connectivity index (χ0) is 15.1. The zero-order valence-electron chi connectivity index (χ0n) is 12.6. The molecule has 1 unspecified atom stereocenters. The topological polar surface area (TPSA) is 71.2 Å². The molecule has 1 N–H and O–H groups in total. The number of β-amino-alcohol motifs (C(OH)–C–C–N with tert-alkyl or cyclic N) is 1. The molecule has 3 heterocycles. The molecule has 1 amide bonds. The minimum Gasteiger partial charge on any atom is -0.389 e. The number of hydrogen-bond acceptors (Lipinski definition) is 4. The highest BCUT2D eigenvalue weighted by Gasteiger charge is 2.31. The molecule has 2 aromatic heterocycles. The lowest BCUT2D eigenvalue weighted by atomic mass is 10.1. The lowest BCUT2D eigenvalue weighted by Crippen LogP contribution is -2.53. The third kappa shape index (κ3) is 2.29. The fourth-order valence-electron chi connectivity index (χ4n) is 2.61. The molecule has 1 atom stereocenters. The molecule has 112 valence electrons. The molecular formula is C15H20N4O2. The van der Waals surface area contributed by atoms with Crippen molar-refractivity contribution in [3.8, 4) is 0 Å². The number of aryl methyl sites for hydroxylation is 1. The van der Waals surface area contributed by atoms with Crippen molar-refractivity contribution in [1.82, 2.24) is 19.7 Å². The number of pyridine rings is 1. The Morgan fingerprint density at radius 2 is 2.24 bits per heavy atom. The van der Waals surface area contributed by atoms with Gasteiger partial charge in [-0.25, -0.2) is 9.67 Å². The third-order valence-corrected chi connectivity index (χ3v) is 4.08. The number of rotatable bonds is 3. The van der Waals surface area contributed by atoms with Crippen LogP contribution in [0.3, 0.4) is 0 Å². The molecule has 6 nitrogen and oxygen atoms in total. The van der Waals surface area contributed by atoms with Gasteiger partial charge in [-0.1, -0.05) is 6.92 Å². The molecule has 0 saturated carbocycles. The number of aliphatic hydroxyl groups excluding tert-OH is 1. The van der Waals surface area contributed by atoms with Crippen molar-refractivity contribution in [2.24, 2.45) is 0 Å². The zero-order valence-corrected chi connectivity index (χ0v) is 12.6. The van der Waals surface area contributed by atoms with Crippen molar-refractivity contribution >= 4 is 16.9 Å². The van der Waals surface area contributed by atoms with E-state index in [4.69, 9.17) is 0 Å². The molecule has 3 rings (SSSR count). The quantitative estimate of drug-likeness (QED) is 0.929. The number of fused-ring (bicyclic) bond motifs is 1. The summed E-state index contributed by atoms with van der Waals surface area (Å²) in [6, 6.07) is 2.04. The van der Waals surface area contributed by atoms with Crippen molar-refractivity contribution in [2.45, 2.75) is 39.3 Å². The van der Waals surface area contributed by atoms with Crippen molar-refractivity contribution < 1.29 is 9.90 Å². The molecule has 0 aliphatic carbocycles. The molecule has 2 aromatic rings. The maximum Gasteiger partial charge on any atom is 0.254 e. The highest BCUT2D eigenvalue weighted by Crippen LogP contribution is 2.24. The van der Waals surface area contributed by atoms with Crippen LogP contribution >= 0.6 is 0 Å². The fraction of sp³-hybridized carbons (Fsp3) is 0.533. The van der Waals surface area contributed by atoms with Crippen molar-refractivity contribution in [3.63, 3.8) is 0 Å². The first-order valence-corrected chi connectivity index (χ1v) is 7.33. The molecule has 0 bridgehead atoms. The summed E-state index contributed by atoms with van der Waals surface area (Å²) in [5, 5.41) is 14.6. The van der Waals surface area contributed by atoms with E-state index in [0.717, 1.165) is 23.1 Å². The summed E-state index contributed by atoms with van der Waals surface area (Å²) in [5.41, 5.74) is 2.18. The Balaban J connectivity index is 2.06. The van der Waals surface area contributed by atoms with Gasteiger partial charge >= 0.3 is 0 Å². The fourth-order valence-corrected chi connectivity index (χ4v) is 2.61. The second kappa shape index (κ2) is 5.11. The van der Waals surface area contributed by atoms with Crippen LogP contribution in [0.15, 0.2) is 12.3 Å². The van der Waals surface area contributed by atoms with Gasteiger partial charge in [0.2, 0.25) is 0 Å². The van der Waals surface area contributed by atoms with E-state index in [0.29, 0.717) is 18.7 Å². The highest BCUT2D eigenvalue weighted by atomic mass is 16.3. The summed E-state index contributed by atoms with van der Waals surface area (Å²) < 4.78 is 1.88. The van der Waals surface area contributed by atoms with E-state index in [9.17, 15) is 9.90 Å². The van der Waals surface area contributed by atoms with Crippen LogP contribution in [0.1, 0.15) is 42.4 Å². The number of aromatic nitrogens is 3. The van der Waals surface area contributed by atoms with Crippen LogP contribution in [-0.4, -0.2) is 49.9 Å². The average Bonchev–Trinajstić information content (AvgIpc) is 2.85. The first-order valence-electron chi connectivity index (χ1n) is 7.33. The van der Waals surface area contributed by atoms with Crippen molar-refractivity contribution in [2.75, 3.05) is 13.1 Å². The van der Waals surface area contributed by atoms with Crippen LogP contribution in [0, 0.1) is 6.92 Å². The summed E-state index contributed by atoms with van der Waals surface area (Å²) in [7, 11) is 0. The van der Waals surface area contributed by atoms with Gasteiger partial charge in [-0.3, -0.25) is 4.79 Å². The summed E-state index contributed by atoms with van der Waals surface area (Å²) in [5.74, 6) is -0.0560. The first-order chi connectivity index (χ1) is 10.0. The largest absolute Gasteiger partial charge is 0.389 e. The van der Waals surface area contributed by atoms with Gasteiger partial charge in [0.25, 0.3) is 5.91 Å². The van der Waals surface area contributed by atoms with Gasteiger partial charge in [-0.2, -0.15) is 5.10 Å². The number of aliphatic hydroxyl groups is 1. The van der Waals surface area contributed by atoms with Crippen molar-refractivity contribution in [1.29, 1.82) is 0 Å². The third-order valence-electron chi connectivity index (χ3n) is 4.08.